The summed E-state index contributed by atoms with van der Waals surface area (Å²) < 4.78 is 5.34. The summed E-state index contributed by atoms with van der Waals surface area (Å²) in [6.07, 6.45) is 0.681. The predicted octanol–water partition coefficient (Wildman–Crippen LogP) is 1.71. The minimum atomic E-state index is -0.125. The first-order chi connectivity index (χ1) is 8.08. The van der Waals surface area contributed by atoms with Crippen LogP contribution in [0.3, 0.4) is 0 Å². The molecule has 2 unspecified atom stereocenters. The third-order valence-corrected chi connectivity index (χ3v) is 3.57. The number of Topliss-reactive ketones (excluding diaryl/α,β-unsaturated/α-hetero) is 1. The Kier molecular flexibility index (Phi) is 3.54. The number of hydrogen-bond acceptors (Lipinski definition) is 5. The lowest BCUT2D eigenvalue weighted by Gasteiger charge is -2.12. The lowest BCUT2D eigenvalue weighted by molar-refractivity contribution is -0.121. The fourth-order valence-corrected chi connectivity index (χ4v) is 2.52. The maximum absolute atomic E-state index is 11.9. The molecule has 1 aromatic heterocycles. The second kappa shape index (κ2) is 4.93. The van der Waals surface area contributed by atoms with Crippen molar-refractivity contribution in [1.29, 1.82) is 0 Å². The van der Waals surface area contributed by atoms with E-state index in [0.717, 1.165) is 6.42 Å². The summed E-state index contributed by atoms with van der Waals surface area (Å²) in [4.78, 5) is 27.0. The van der Waals surface area contributed by atoms with Gasteiger partial charge in [-0.15, -0.1) is 11.3 Å². The average molecular weight is 254 g/mol. The van der Waals surface area contributed by atoms with Gasteiger partial charge in [0, 0.05) is 18.9 Å². The molecular formula is C11H14N2O3S. The van der Waals surface area contributed by atoms with Crippen LogP contribution in [-0.4, -0.2) is 29.4 Å². The van der Waals surface area contributed by atoms with Crippen molar-refractivity contribution in [3.05, 3.63) is 11.1 Å². The van der Waals surface area contributed by atoms with Crippen LogP contribution in [0.5, 0.6) is 0 Å². The Balaban J connectivity index is 2.00. The second-order valence-corrected chi connectivity index (χ2v) is 4.91. The number of anilines is 1. The number of nitrogens with one attached hydrogen (secondary N) is 1. The summed E-state index contributed by atoms with van der Waals surface area (Å²) in [5, 5.41) is 4.84. The van der Waals surface area contributed by atoms with Crippen molar-refractivity contribution >= 4 is 28.2 Å². The predicted molar refractivity (Wildman–Crippen MR) is 64.3 cm³/mol. The molecular weight excluding hydrogens is 240 g/mol. The van der Waals surface area contributed by atoms with Crippen LogP contribution in [0.2, 0.25) is 0 Å². The molecule has 17 heavy (non-hydrogen) atoms. The van der Waals surface area contributed by atoms with E-state index in [1.807, 2.05) is 6.92 Å². The van der Waals surface area contributed by atoms with Crippen molar-refractivity contribution in [3.8, 4) is 0 Å². The molecule has 6 heteroatoms. The van der Waals surface area contributed by atoms with Crippen molar-refractivity contribution < 1.29 is 14.3 Å². The minimum Gasteiger partial charge on any atom is -0.378 e. The first kappa shape index (κ1) is 12.2. The van der Waals surface area contributed by atoms with Crippen molar-refractivity contribution in [3.63, 3.8) is 0 Å². The maximum atomic E-state index is 11.9. The number of carbonyl (C=O) groups is 2. The molecule has 0 radical (unpaired) electrons. The molecule has 0 bridgehead atoms. The topological polar surface area (TPSA) is 68.3 Å². The number of thiazole rings is 1. The zero-order valence-electron chi connectivity index (χ0n) is 9.73. The molecule has 5 nitrogen and oxygen atoms in total. The number of ketones is 1. The first-order valence-electron chi connectivity index (χ1n) is 5.47. The van der Waals surface area contributed by atoms with E-state index in [1.54, 1.807) is 5.38 Å². The van der Waals surface area contributed by atoms with E-state index in [0.29, 0.717) is 17.4 Å². The third-order valence-electron chi connectivity index (χ3n) is 2.81. The van der Waals surface area contributed by atoms with E-state index in [9.17, 15) is 9.59 Å². The quantitative estimate of drug-likeness (QED) is 0.834. The van der Waals surface area contributed by atoms with Gasteiger partial charge in [-0.05, 0) is 13.3 Å². The molecule has 1 aliphatic heterocycles. The number of hydrogen-bond donors (Lipinski definition) is 1. The Bertz CT molecular complexity index is 444. The summed E-state index contributed by atoms with van der Waals surface area (Å²) in [7, 11) is 0. The lowest BCUT2D eigenvalue weighted by Crippen LogP contribution is -2.27. The van der Waals surface area contributed by atoms with Gasteiger partial charge in [0.25, 0.3) is 0 Å². The smallest absolute Gasteiger partial charge is 0.231 e. The highest BCUT2D eigenvalue weighted by Gasteiger charge is 2.31. The van der Waals surface area contributed by atoms with E-state index >= 15 is 0 Å². The van der Waals surface area contributed by atoms with Crippen LogP contribution >= 0.6 is 11.3 Å². The number of amides is 1. The fraction of sp³-hybridized carbons (Fsp3) is 0.545. The molecule has 0 aromatic carbocycles. The monoisotopic (exact) mass is 254 g/mol. The largest absolute Gasteiger partial charge is 0.378 e. The molecule has 1 fully saturated rings. The highest BCUT2D eigenvalue weighted by atomic mass is 32.1. The normalized spacial score (nSPS) is 23.6. The summed E-state index contributed by atoms with van der Waals surface area (Å²) in [6, 6.07) is 0. The summed E-state index contributed by atoms with van der Waals surface area (Å²) in [5.41, 5.74) is 0.390. The van der Waals surface area contributed by atoms with Crippen LogP contribution in [0, 0.1) is 5.92 Å². The van der Waals surface area contributed by atoms with Gasteiger partial charge < -0.3 is 10.1 Å². The lowest BCUT2D eigenvalue weighted by atomic mass is 10.0. The number of rotatable bonds is 3. The minimum absolute atomic E-state index is 0.0535. The highest BCUT2D eigenvalue weighted by Crippen LogP contribution is 2.23. The number of aromatic nitrogens is 1. The van der Waals surface area contributed by atoms with Crippen LogP contribution < -0.4 is 5.32 Å². The standard InChI is InChI=1S/C11H14N2O3S/c1-6(14)9-5-17-11(12-9)13-10(15)8-3-4-16-7(8)2/h5,7-8H,3-4H2,1-2H3,(H,12,13,15). The molecule has 0 spiro atoms. The van der Waals surface area contributed by atoms with Crippen LogP contribution in [0.15, 0.2) is 5.38 Å². The van der Waals surface area contributed by atoms with Gasteiger partial charge >= 0.3 is 0 Å². The molecule has 0 saturated carbocycles. The van der Waals surface area contributed by atoms with Crippen LogP contribution in [0.1, 0.15) is 30.8 Å². The molecule has 1 saturated heterocycles. The van der Waals surface area contributed by atoms with Crippen molar-refractivity contribution in [1.82, 2.24) is 4.98 Å². The maximum Gasteiger partial charge on any atom is 0.231 e. The molecule has 0 aliphatic carbocycles. The van der Waals surface area contributed by atoms with E-state index in [2.05, 4.69) is 10.3 Å². The van der Waals surface area contributed by atoms with Crippen molar-refractivity contribution in [2.24, 2.45) is 5.92 Å². The Morgan fingerprint density at radius 2 is 2.35 bits per heavy atom. The number of carbonyl (C=O) groups excluding carboxylic acids is 2. The molecule has 1 amide bonds. The van der Waals surface area contributed by atoms with Gasteiger partial charge in [-0.3, -0.25) is 9.59 Å². The van der Waals surface area contributed by atoms with Crippen LogP contribution in [0.4, 0.5) is 5.13 Å². The fourth-order valence-electron chi connectivity index (χ4n) is 1.77. The SMILES string of the molecule is CC(=O)c1csc(NC(=O)C2CCOC2C)n1. The number of ether oxygens (including phenoxy) is 1. The van der Waals surface area contributed by atoms with Gasteiger partial charge in [0.05, 0.1) is 12.0 Å². The van der Waals surface area contributed by atoms with Gasteiger partial charge in [0.15, 0.2) is 10.9 Å². The van der Waals surface area contributed by atoms with Gasteiger partial charge in [-0.1, -0.05) is 0 Å². The van der Waals surface area contributed by atoms with Crippen molar-refractivity contribution in [2.45, 2.75) is 26.4 Å². The van der Waals surface area contributed by atoms with Gasteiger partial charge in [-0.2, -0.15) is 0 Å². The van der Waals surface area contributed by atoms with E-state index < -0.39 is 0 Å². The van der Waals surface area contributed by atoms with E-state index in [1.165, 1.54) is 18.3 Å². The second-order valence-electron chi connectivity index (χ2n) is 4.05. The van der Waals surface area contributed by atoms with Crippen LogP contribution in [0.25, 0.3) is 0 Å². The van der Waals surface area contributed by atoms with Gasteiger partial charge in [0.2, 0.25) is 5.91 Å². The van der Waals surface area contributed by atoms with E-state index in [-0.39, 0.29) is 23.7 Å². The van der Waals surface area contributed by atoms with Crippen molar-refractivity contribution in [2.75, 3.05) is 11.9 Å². The highest BCUT2D eigenvalue weighted by molar-refractivity contribution is 7.14. The zero-order chi connectivity index (χ0) is 12.4. The Labute approximate surface area is 103 Å². The molecule has 2 heterocycles. The van der Waals surface area contributed by atoms with Gasteiger partial charge in [-0.25, -0.2) is 4.98 Å². The Morgan fingerprint density at radius 3 is 2.88 bits per heavy atom. The van der Waals surface area contributed by atoms with E-state index in [4.69, 9.17) is 4.74 Å². The first-order valence-corrected chi connectivity index (χ1v) is 6.35. The molecule has 92 valence electrons. The zero-order valence-corrected chi connectivity index (χ0v) is 10.5. The summed E-state index contributed by atoms with van der Waals surface area (Å²) in [5.74, 6) is -0.307. The molecule has 2 rings (SSSR count). The summed E-state index contributed by atoms with van der Waals surface area (Å²) >= 11 is 1.26. The molecule has 1 N–H and O–H groups in total. The van der Waals surface area contributed by atoms with Gasteiger partial charge in [0.1, 0.15) is 5.69 Å². The molecule has 2 atom stereocenters. The third kappa shape index (κ3) is 2.70. The number of nitrogens with zero attached hydrogens (tertiary/aromatic N) is 1. The molecule has 1 aliphatic rings. The van der Waals surface area contributed by atoms with Crippen LogP contribution in [-0.2, 0) is 9.53 Å². The average Bonchev–Trinajstić information content (AvgIpc) is 2.86. The summed E-state index contributed by atoms with van der Waals surface area (Å²) in [6.45, 7) is 3.96. The molecule has 1 aromatic rings. The Hall–Kier alpha value is -1.27. The Morgan fingerprint density at radius 1 is 1.59 bits per heavy atom.